The third-order valence-electron chi connectivity index (χ3n) is 7.31. The van der Waals surface area contributed by atoms with Crippen molar-refractivity contribution < 1.29 is 19.2 Å². The molecule has 0 aromatic heterocycles. The molecule has 0 saturated carbocycles. The number of rotatable bonds is 5. The zero-order valence-corrected chi connectivity index (χ0v) is 22.2. The molecule has 8 heteroatoms. The van der Waals surface area contributed by atoms with E-state index >= 15 is 0 Å². The molecule has 4 atom stereocenters. The van der Waals surface area contributed by atoms with Gasteiger partial charge in [0.25, 0.3) is 0 Å². The van der Waals surface area contributed by atoms with Crippen LogP contribution < -0.4 is 4.90 Å². The van der Waals surface area contributed by atoms with Crippen molar-refractivity contribution in [3.8, 4) is 0 Å². The van der Waals surface area contributed by atoms with Gasteiger partial charge in [0.15, 0.2) is 11.6 Å². The van der Waals surface area contributed by atoms with Gasteiger partial charge in [-0.1, -0.05) is 82.1 Å². The predicted octanol–water partition coefficient (Wildman–Crippen LogP) is 5.48. The van der Waals surface area contributed by atoms with E-state index in [2.05, 4.69) is 15.9 Å². The van der Waals surface area contributed by atoms with Crippen LogP contribution in [0, 0.1) is 11.8 Å². The fourth-order valence-electron chi connectivity index (χ4n) is 5.61. The number of anilines is 1. The number of halogens is 2. The highest BCUT2D eigenvalue weighted by Gasteiger charge is 2.63. The first-order chi connectivity index (χ1) is 18.3. The minimum Gasteiger partial charge on any atom is -0.359 e. The lowest BCUT2D eigenvalue weighted by Gasteiger charge is -2.32. The maximum absolute atomic E-state index is 13.9. The highest BCUT2D eigenvalue weighted by Crippen LogP contribution is 2.47. The van der Waals surface area contributed by atoms with Crippen molar-refractivity contribution in [1.82, 2.24) is 4.90 Å². The van der Waals surface area contributed by atoms with Crippen molar-refractivity contribution in [1.29, 1.82) is 0 Å². The normalized spacial score (nSPS) is 23.8. The number of carbonyl (C=O) groups excluding carboxylic acids is 4. The first-order valence-electron chi connectivity index (χ1n) is 12.1. The molecule has 2 amide bonds. The molecule has 3 aliphatic heterocycles. The molecule has 2 saturated heterocycles. The van der Waals surface area contributed by atoms with Crippen LogP contribution in [0.1, 0.15) is 20.7 Å². The van der Waals surface area contributed by atoms with Crippen LogP contribution in [-0.2, 0) is 9.59 Å². The molecule has 6 nitrogen and oxygen atoms in total. The minimum absolute atomic E-state index is 0.191. The zero-order valence-electron chi connectivity index (χ0n) is 19.8. The van der Waals surface area contributed by atoms with Gasteiger partial charge in [-0.2, -0.15) is 0 Å². The van der Waals surface area contributed by atoms with E-state index in [0.29, 0.717) is 27.4 Å². The highest BCUT2D eigenvalue weighted by atomic mass is 79.9. The summed E-state index contributed by atoms with van der Waals surface area (Å²) in [4.78, 5) is 57.7. The molecule has 0 radical (unpaired) electrons. The van der Waals surface area contributed by atoms with E-state index in [0.717, 1.165) is 9.37 Å². The number of imide groups is 1. The number of allylic oxidation sites excluding steroid dienone is 2. The van der Waals surface area contributed by atoms with Crippen molar-refractivity contribution in [3.63, 3.8) is 0 Å². The number of benzene rings is 3. The fourth-order valence-corrected chi connectivity index (χ4v) is 6.06. The Morgan fingerprint density at radius 2 is 1.53 bits per heavy atom. The third kappa shape index (κ3) is 3.94. The van der Waals surface area contributed by atoms with Crippen molar-refractivity contribution >= 4 is 56.6 Å². The topological polar surface area (TPSA) is 74.8 Å². The maximum atomic E-state index is 13.9. The molecule has 188 valence electrons. The van der Waals surface area contributed by atoms with E-state index < -0.39 is 35.7 Å². The lowest BCUT2D eigenvalue weighted by atomic mass is 9.85. The summed E-state index contributed by atoms with van der Waals surface area (Å²) < 4.78 is 0.820. The van der Waals surface area contributed by atoms with Gasteiger partial charge < -0.3 is 4.90 Å². The average molecular weight is 588 g/mol. The van der Waals surface area contributed by atoms with Gasteiger partial charge in [0.05, 0.1) is 23.6 Å². The Kier molecular flexibility index (Phi) is 6.13. The molecular weight excluding hydrogens is 568 g/mol. The number of carbonyl (C=O) groups is 4. The second-order valence-electron chi connectivity index (χ2n) is 9.43. The molecular formula is C30H20BrClN2O4. The molecule has 38 heavy (non-hydrogen) atoms. The standard InChI is InChI=1S/C30H20BrClN2O4/c31-20-11-9-18(10-12-20)28(36)26-25-24(29(37)34(30(25)38)22-8-4-7-21(32)16-22)23-15-19(13-14-33(23)26)27(35)17-5-2-1-3-6-17/h1-16,23-26H/t23-,24+,25-,26-/m1/s1. The van der Waals surface area contributed by atoms with Crippen LogP contribution in [0.4, 0.5) is 5.69 Å². The molecule has 3 aromatic rings. The Hall–Kier alpha value is -3.81. The van der Waals surface area contributed by atoms with E-state index in [-0.39, 0.29) is 11.6 Å². The van der Waals surface area contributed by atoms with Gasteiger partial charge in [-0.3, -0.25) is 19.2 Å². The summed E-state index contributed by atoms with van der Waals surface area (Å²) in [5.41, 5.74) is 1.72. The number of Topliss-reactive ketones (excluding diaryl/α,β-unsaturated/α-hetero) is 2. The summed E-state index contributed by atoms with van der Waals surface area (Å²) >= 11 is 9.55. The number of ketones is 2. The number of amides is 2. The number of nitrogens with zero attached hydrogens (tertiary/aromatic N) is 2. The SMILES string of the molecule is O=C(C1=C[C@@H]2[C@@H]3C(=O)N(c4cccc(Cl)c4)C(=O)[C@H]3[C@H](C(=O)c3ccc(Br)cc3)N2C=C1)c1ccccc1. The highest BCUT2D eigenvalue weighted by molar-refractivity contribution is 9.10. The Morgan fingerprint density at radius 3 is 2.24 bits per heavy atom. The monoisotopic (exact) mass is 586 g/mol. The zero-order chi connectivity index (χ0) is 26.6. The van der Waals surface area contributed by atoms with Gasteiger partial charge in [0.1, 0.15) is 6.04 Å². The summed E-state index contributed by atoms with van der Waals surface area (Å²) in [7, 11) is 0. The maximum Gasteiger partial charge on any atom is 0.240 e. The van der Waals surface area contributed by atoms with Crippen LogP contribution in [-0.4, -0.2) is 40.4 Å². The van der Waals surface area contributed by atoms with Crippen LogP contribution in [0.25, 0.3) is 0 Å². The Labute approximate surface area is 232 Å². The van der Waals surface area contributed by atoms with E-state index in [1.807, 2.05) is 6.07 Å². The first-order valence-corrected chi connectivity index (χ1v) is 13.2. The van der Waals surface area contributed by atoms with Gasteiger partial charge in [0, 0.05) is 32.4 Å². The van der Waals surface area contributed by atoms with Gasteiger partial charge in [-0.25, -0.2) is 4.90 Å². The smallest absolute Gasteiger partial charge is 0.240 e. The first kappa shape index (κ1) is 24.5. The van der Waals surface area contributed by atoms with Crippen LogP contribution in [0.2, 0.25) is 5.02 Å². The van der Waals surface area contributed by atoms with Crippen LogP contribution >= 0.6 is 27.5 Å². The van der Waals surface area contributed by atoms with E-state index in [1.54, 1.807) is 96.0 Å². The van der Waals surface area contributed by atoms with E-state index in [1.165, 1.54) is 0 Å². The number of fused-ring (bicyclic) bond motifs is 3. The molecule has 0 spiro atoms. The summed E-state index contributed by atoms with van der Waals surface area (Å²) in [6.45, 7) is 0. The molecule has 2 fully saturated rings. The van der Waals surface area contributed by atoms with Gasteiger partial charge in [-0.15, -0.1) is 0 Å². The molecule has 0 bridgehead atoms. The van der Waals surface area contributed by atoms with Crippen molar-refractivity contribution in [2.75, 3.05) is 4.90 Å². The average Bonchev–Trinajstić information content (AvgIpc) is 3.40. The summed E-state index contributed by atoms with van der Waals surface area (Å²) in [6.07, 6.45) is 5.04. The fraction of sp³-hybridized carbons (Fsp3) is 0.133. The van der Waals surface area contributed by atoms with E-state index in [9.17, 15) is 19.2 Å². The Balaban J connectivity index is 1.44. The lowest BCUT2D eigenvalue weighted by molar-refractivity contribution is -0.123. The van der Waals surface area contributed by atoms with Gasteiger partial charge >= 0.3 is 0 Å². The van der Waals surface area contributed by atoms with Crippen molar-refractivity contribution in [2.45, 2.75) is 12.1 Å². The lowest BCUT2D eigenvalue weighted by Crippen LogP contribution is -2.46. The molecule has 3 heterocycles. The molecule has 0 aliphatic carbocycles. The van der Waals surface area contributed by atoms with Crippen LogP contribution in [0.3, 0.4) is 0 Å². The largest absolute Gasteiger partial charge is 0.359 e. The quantitative estimate of drug-likeness (QED) is 0.292. The second kappa shape index (κ2) is 9.49. The van der Waals surface area contributed by atoms with Gasteiger partial charge in [0.2, 0.25) is 11.8 Å². The summed E-state index contributed by atoms with van der Waals surface area (Å²) in [6, 6.07) is 20.8. The minimum atomic E-state index is -0.922. The Morgan fingerprint density at radius 1 is 0.816 bits per heavy atom. The predicted molar refractivity (Wildman–Crippen MR) is 147 cm³/mol. The number of hydrogen-bond acceptors (Lipinski definition) is 5. The molecule has 0 unspecified atom stereocenters. The molecule has 0 N–H and O–H groups in total. The third-order valence-corrected chi connectivity index (χ3v) is 8.07. The van der Waals surface area contributed by atoms with Gasteiger partial charge in [-0.05, 0) is 36.4 Å². The van der Waals surface area contributed by atoms with E-state index in [4.69, 9.17) is 11.6 Å². The molecule has 3 aliphatic rings. The molecule has 6 rings (SSSR count). The second-order valence-corrected chi connectivity index (χ2v) is 10.8. The van der Waals surface area contributed by atoms with Crippen LogP contribution in [0.15, 0.2) is 107 Å². The van der Waals surface area contributed by atoms with Crippen molar-refractivity contribution in [3.05, 3.63) is 123 Å². The Bertz CT molecular complexity index is 1550. The summed E-state index contributed by atoms with van der Waals surface area (Å²) in [5, 5.41) is 0.389. The summed E-state index contributed by atoms with van der Waals surface area (Å²) in [5.74, 6) is -3.08. The van der Waals surface area contributed by atoms with Crippen LogP contribution in [0.5, 0.6) is 0 Å². The van der Waals surface area contributed by atoms with Crippen molar-refractivity contribution in [2.24, 2.45) is 11.8 Å². The number of hydrogen-bond donors (Lipinski definition) is 0. The molecule has 3 aromatic carbocycles.